The summed E-state index contributed by atoms with van der Waals surface area (Å²) < 4.78 is 4.78. The summed E-state index contributed by atoms with van der Waals surface area (Å²) in [4.78, 5) is 0. The van der Waals surface area contributed by atoms with Gasteiger partial charge in [0.1, 0.15) is 0 Å². The Morgan fingerprint density at radius 3 is 1.43 bits per heavy atom. The Morgan fingerprint density at radius 2 is 0.785 bits per heavy atom. The third-order valence-electron chi connectivity index (χ3n) is 15.0. The Bertz CT molecular complexity index is 3810. The average Bonchev–Trinajstić information content (AvgIpc) is 3.99. The smallest absolute Gasteiger partial charge is 0.0541 e. The zero-order chi connectivity index (χ0) is 43.8. The molecular formula is C63H48N2. The number of hydrogen-bond acceptors (Lipinski definition) is 0. The van der Waals surface area contributed by atoms with Crippen molar-refractivity contribution in [3.63, 3.8) is 0 Å². The molecule has 0 saturated carbocycles. The number of benzene rings is 9. The molecule has 2 aromatic heterocycles. The van der Waals surface area contributed by atoms with Gasteiger partial charge in [0.05, 0.1) is 22.1 Å². The summed E-state index contributed by atoms with van der Waals surface area (Å²) in [6, 6.07) is 70.3. The molecule has 2 heteroatoms. The quantitative estimate of drug-likeness (QED) is 0.153. The fourth-order valence-corrected chi connectivity index (χ4v) is 11.5. The predicted molar refractivity (Wildman–Crippen MR) is 276 cm³/mol. The van der Waals surface area contributed by atoms with Crippen LogP contribution in [0.1, 0.15) is 66.6 Å². The molecule has 2 heterocycles. The fourth-order valence-electron chi connectivity index (χ4n) is 11.5. The van der Waals surface area contributed by atoms with E-state index in [4.69, 9.17) is 0 Å². The van der Waals surface area contributed by atoms with Crippen molar-refractivity contribution >= 4 is 55.8 Å². The number of aryl methyl sites for hydroxylation is 1. The molecule has 0 bridgehead atoms. The maximum absolute atomic E-state index is 2.53. The van der Waals surface area contributed by atoms with E-state index in [-0.39, 0.29) is 10.8 Å². The highest BCUT2D eigenvalue weighted by Gasteiger charge is 2.42. The van der Waals surface area contributed by atoms with E-state index in [1.165, 1.54) is 127 Å². The lowest BCUT2D eigenvalue weighted by molar-refractivity contribution is 0.652. The molecule has 0 amide bonds. The van der Waals surface area contributed by atoms with E-state index < -0.39 is 0 Å². The van der Waals surface area contributed by atoms with Gasteiger partial charge in [0.15, 0.2) is 0 Å². The van der Waals surface area contributed by atoms with Gasteiger partial charge in [0.2, 0.25) is 0 Å². The van der Waals surface area contributed by atoms with E-state index in [1.54, 1.807) is 0 Å². The second-order valence-corrected chi connectivity index (χ2v) is 19.5. The molecule has 0 radical (unpaired) electrons. The summed E-state index contributed by atoms with van der Waals surface area (Å²) in [6.07, 6.45) is 4.56. The van der Waals surface area contributed by atoms with Gasteiger partial charge in [-0.15, -0.1) is 0 Å². The summed E-state index contributed by atoms with van der Waals surface area (Å²) in [5.41, 5.74) is 24.3. The van der Waals surface area contributed by atoms with Gasteiger partial charge in [0, 0.05) is 43.7 Å². The van der Waals surface area contributed by atoms with Crippen molar-refractivity contribution in [1.29, 1.82) is 0 Å². The molecular weight excluding hydrogens is 785 g/mol. The monoisotopic (exact) mass is 832 g/mol. The Balaban J connectivity index is 0.833. The van der Waals surface area contributed by atoms with Gasteiger partial charge in [-0.2, -0.15) is 0 Å². The van der Waals surface area contributed by atoms with Crippen LogP contribution < -0.4 is 0 Å². The van der Waals surface area contributed by atoms with Gasteiger partial charge in [-0.05, 0) is 153 Å². The minimum absolute atomic E-state index is 0.137. The van der Waals surface area contributed by atoms with Gasteiger partial charge < -0.3 is 9.13 Å². The molecule has 0 unspecified atom stereocenters. The van der Waals surface area contributed by atoms with Crippen LogP contribution in [0, 0.1) is 6.92 Å². The minimum Gasteiger partial charge on any atom is -0.309 e. The van der Waals surface area contributed by atoms with Crippen molar-refractivity contribution in [1.82, 2.24) is 9.13 Å². The summed E-state index contributed by atoms with van der Waals surface area (Å²) in [5, 5.41) is 5.10. The summed E-state index contributed by atoms with van der Waals surface area (Å²) in [7, 11) is 0. The van der Waals surface area contributed by atoms with E-state index in [0.29, 0.717) is 0 Å². The van der Waals surface area contributed by atoms with E-state index >= 15 is 0 Å². The zero-order valence-corrected chi connectivity index (χ0v) is 37.4. The molecule has 65 heavy (non-hydrogen) atoms. The molecule has 0 N–H and O–H groups in total. The van der Waals surface area contributed by atoms with Crippen molar-refractivity contribution in [3.05, 3.63) is 227 Å². The van der Waals surface area contributed by atoms with Crippen LogP contribution in [0.15, 0.2) is 188 Å². The van der Waals surface area contributed by atoms with Crippen LogP contribution in [-0.2, 0) is 10.8 Å². The summed E-state index contributed by atoms with van der Waals surface area (Å²) >= 11 is 0. The first-order chi connectivity index (χ1) is 31.6. The van der Waals surface area contributed by atoms with Crippen molar-refractivity contribution in [3.8, 4) is 44.8 Å². The molecule has 0 aliphatic heterocycles. The molecule has 2 aliphatic carbocycles. The standard InChI is InChI=1S/C63H48N2/c1-39-19-27-45(28-20-39)65-59-18-12-10-16-49(59)53-35-42(26-32-61(53)65)43-25-30-47-51-38-56-50(37-57(51)63(4,5)55(47)36-43)46-29-23-41(34-54(46)62(56,2)3)22-21-40-24-31-60-52(33-40)48-15-9-11-17-58(48)64(60)44-13-7-6-8-14-44/h6-38H,1-5H3/b22-21+. The van der Waals surface area contributed by atoms with Gasteiger partial charge in [-0.1, -0.05) is 155 Å². The van der Waals surface area contributed by atoms with Crippen molar-refractivity contribution in [2.45, 2.75) is 45.4 Å². The molecule has 310 valence electrons. The number of nitrogens with zero attached hydrogens (tertiary/aromatic N) is 2. The molecule has 0 atom stereocenters. The maximum Gasteiger partial charge on any atom is 0.0541 e. The van der Waals surface area contributed by atoms with Crippen LogP contribution in [0.4, 0.5) is 0 Å². The highest BCUT2D eigenvalue weighted by Crippen LogP contribution is 2.56. The second kappa shape index (κ2) is 13.7. The SMILES string of the molecule is Cc1ccc(-n2c3ccccc3c3cc(-c4ccc5c(c4)C(C)(C)c4cc6c(cc4-5)C(C)(C)c4cc(/C=C/c5ccc7c(c5)c5ccccc5n7-c5ccccc5)ccc4-6)ccc32)cc1. The summed E-state index contributed by atoms with van der Waals surface area (Å²) in [5.74, 6) is 0. The van der Waals surface area contributed by atoms with Crippen molar-refractivity contribution in [2.24, 2.45) is 0 Å². The van der Waals surface area contributed by atoms with Crippen LogP contribution in [-0.4, -0.2) is 9.13 Å². The lowest BCUT2D eigenvalue weighted by atomic mass is 9.79. The van der Waals surface area contributed by atoms with Crippen molar-refractivity contribution in [2.75, 3.05) is 0 Å². The zero-order valence-electron chi connectivity index (χ0n) is 37.4. The topological polar surface area (TPSA) is 9.86 Å². The number of para-hydroxylation sites is 3. The third-order valence-corrected chi connectivity index (χ3v) is 15.0. The number of hydrogen-bond donors (Lipinski definition) is 0. The Kier molecular flexibility index (Phi) is 7.95. The minimum atomic E-state index is -0.147. The first kappa shape index (κ1) is 37.8. The van der Waals surface area contributed by atoms with Gasteiger partial charge in [0.25, 0.3) is 0 Å². The molecule has 11 aromatic rings. The van der Waals surface area contributed by atoms with E-state index in [1.807, 2.05) is 0 Å². The Labute approximate surface area is 380 Å². The second-order valence-electron chi connectivity index (χ2n) is 19.5. The molecule has 0 saturated heterocycles. The van der Waals surface area contributed by atoms with Crippen LogP contribution >= 0.6 is 0 Å². The average molecular weight is 833 g/mol. The highest BCUT2D eigenvalue weighted by atomic mass is 15.0. The lowest BCUT2D eigenvalue weighted by Crippen LogP contribution is -2.17. The van der Waals surface area contributed by atoms with Crippen LogP contribution in [0.25, 0.3) is 101 Å². The molecule has 2 nitrogen and oxygen atoms in total. The van der Waals surface area contributed by atoms with Crippen LogP contribution in [0.5, 0.6) is 0 Å². The lowest BCUT2D eigenvalue weighted by Gasteiger charge is -2.24. The highest BCUT2D eigenvalue weighted by molar-refractivity contribution is 6.11. The molecule has 9 aromatic carbocycles. The van der Waals surface area contributed by atoms with E-state index in [0.717, 1.165) is 0 Å². The largest absolute Gasteiger partial charge is 0.309 e. The van der Waals surface area contributed by atoms with Crippen molar-refractivity contribution < 1.29 is 0 Å². The normalized spacial score (nSPS) is 14.4. The van der Waals surface area contributed by atoms with Gasteiger partial charge >= 0.3 is 0 Å². The molecule has 2 aliphatic rings. The van der Waals surface area contributed by atoms with E-state index in [9.17, 15) is 0 Å². The van der Waals surface area contributed by atoms with E-state index in [2.05, 4.69) is 244 Å². The molecule has 0 spiro atoms. The van der Waals surface area contributed by atoms with Gasteiger partial charge in [-0.3, -0.25) is 0 Å². The molecule has 0 fully saturated rings. The maximum atomic E-state index is 2.53. The van der Waals surface area contributed by atoms with Gasteiger partial charge in [-0.25, -0.2) is 0 Å². The molecule has 13 rings (SSSR count). The Hall–Kier alpha value is -7.68. The number of fused-ring (bicyclic) bond motifs is 12. The predicted octanol–water partition coefficient (Wildman–Crippen LogP) is 16.6. The fraction of sp³-hybridized carbons (Fsp3) is 0.111. The first-order valence-corrected chi connectivity index (χ1v) is 23.0. The number of rotatable bonds is 5. The first-order valence-electron chi connectivity index (χ1n) is 23.0. The summed E-state index contributed by atoms with van der Waals surface area (Å²) in [6.45, 7) is 11.8. The van der Waals surface area contributed by atoms with Crippen LogP contribution in [0.3, 0.4) is 0 Å². The van der Waals surface area contributed by atoms with Crippen LogP contribution in [0.2, 0.25) is 0 Å². The Morgan fingerprint density at radius 1 is 0.338 bits per heavy atom. The number of aromatic nitrogens is 2. The third kappa shape index (κ3) is 5.53.